The number of amides is 1. The molecule has 17 heteroatoms. The number of benzene rings is 2. The summed E-state index contributed by atoms with van der Waals surface area (Å²) < 4.78 is 137. The predicted molar refractivity (Wildman–Crippen MR) is 93.5 cm³/mol. The highest BCUT2D eigenvalue weighted by atomic mass is 35.5. The highest BCUT2D eigenvalue weighted by Gasteiger charge is 2.73. The van der Waals surface area contributed by atoms with Gasteiger partial charge < -0.3 is 10.5 Å². The van der Waals surface area contributed by atoms with Crippen molar-refractivity contribution in [1.82, 2.24) is 0 Å². The topological polar surface area (TPSA) is 95.5 Å². The summed E-state index contributed by atoms with van der Waals surface area (Å²) >= 11 is 5.63. The normalized spacial score (nSPS) is 12.7. The molecule has 0 aliphatic rings. The van der Waals surface area contributed by atoms with Crippen LogP contribution in [0.3, 0.4) is 0 Å². The smallest absolute Gasteiger partial charge is 0.434 e. The second kappa shape index (κ2) is 8.81. The van der Waals surface area contributed by atoms with Crippen LogP contribution in [-0.2, 0) is 5.67 Å². The van der Waals surface area contributed by atoms with Crippen LogP contribution in [0.5, 0.6) is 5.75 Å². The molecular formula is C17H7ClF10N2O4. The first kappa shape index (κ1) is 26.9. The molecule has 34 heavy (non-hydrogen) atoms. The highest BCUT2D eigenvalue weighted by Crippen LogP contribution is 2.55. The van der Waals surface area contributed by atoms with E-state index in [1.807, 2.05) is 0 Å². The van der Waals surface area contributed by atoms with E-state index in [1.54, 1.807) is 0 Å². The number of hydrogen-bond donors (Lipinski definition) is 1. The molecule has 0 unspecified atom stereocenters. The Morgan fingerprint density at radius 2 is 1.59 bits per heavy atom. The second-order valence-electron chi connectivity index (χ2n) is 6.31. The number of nitrogens with two attached hydrogens (primary N) is 1. The van der Waals surface area contributed by atoms with Gasteiger partial charge in [-0.2, -0.15) is 39.5 Å². The number of rotatable bonds is 6. The van der Waals surface area contributed by atoms with Crippen molar-refractivity contribution < 1.29 is 58.4 Å². The summed E-state index contributed by atoms with van der Waals surface area (Å²) in [6, 6.07) is 0.246. The van der Waals surface area contributed by atoms with Crippen molar-refractivity contribution in [2.75, 3.05) is 0 Å². The zero-order chi connectivity index (χ0) is 26.4. The molecule has 0 aliphatic carbocycles. The zero-order valence-corrected chi connectivity index (χ0v) is 16.5. The van der Waals surface area contributed by atoms with Crippen molar-refractivity contribution in [2.45, 2.75) is 24.6 Å². The number of carbonyl (C=O) groups excluding carboxylic acids is 1. The predicted octanol–water partition coefficient (Wildman–Crippen LogP) is 6.04. The molecular weight excluding hydrogens is 522 g/mol. The number of halogens is 11. The average Bonchev–Trinajstić information content (AvgIpc) is 2.63. The summed E-state index contributed by atoms with van der Waals surface area (Å²) in [4.78, 5) is 21.1. The van der Waals surface area contributed by atoms with Crippen LogP contribution in [0, 0.1) is 15.9 Å². The van der Waals surface area contributed by atoms with Crippen LogP contribution >= 0.6 is 11.6 Å². The lowest BCUT2D eigenvalue weighted by Crippen LogP contribution is -2.50. The lowest BCUT2D eigenvalue weighted by Gasteiger charge is -2.31. The van der Waals surface area contributed by atoms with E-state index < -0.39 is 86.1 Å². The fourth-order valence-corrected chi connectivity index (χ4v) is 3.17. The molecule has 0 aliphatic heterocycles. The fourth-order valence-electron chi connectivity index (χ4n) is 2.85. The third-order valence-corrected chi connectivity index (χ3v) is 4.58. The van der Waals surface area contributed by atoms with Gasteiger partial charge in [-0.1, -0.05) is 11.6 Å². The van der Waals surface area contributed by atoms with Gasteiger partial charge in [-0.25, -0.2) is 4.39 Å². The molecule has 0 saturated heterocycles. The van der Waals surface area contributed by atoms with E-state index in [0.717, 1.165) is 0 Å². The van der Waals surface area contributed by atoms with Crippen LogP contribution in [0.1, 0.15) is 15.9 Å². The van der Waals surface area contributed by atoms with Crippen molar-refractivity contribution in [1.29, 1.82) is 0 Å². The summed E-state index contributed by atoms with van der Waals surface area (Å²) in [6.07, 6.45) is -13.3. The van der Waals surface area contributed by atoms with Crippen molar-refractivity contribution in [2.24, 2.45) is 5.73 Å². The van der Waals surface area contributed by atoms with Gasteiger partial charge in [0.2, 0.25) is 5.82 Å². The molecule has 2 rings (SSSR count). The largest absolute Gasteiger partial charge is 0.435 e. The molecule has 0 spiro atoms. The number of nitrogens with zero attached hydrogens (tertiary/aromatic N) is 1. The quantitative estimate of drug-likeness (QED) is 0.281. The molecule has 0 fully saturated rings. The van der Waals surface area contributed by atoms with Crippen molar-refractivity contribution >= 4 is 23.2 Å². The standard InChI is InChI=1S/C17H7ClF10N2O4/c18-8-3-5(15(22,16(23,24)25)17(26,27)28)4-9(34-14(20)21)10(8)6-1-2-7(13(29)31)11(19)12(6)30(32)33/h1-4,14H,(H2,29,31). The Morgan fingerprint density at radius 1 is 1.06 bits per heavy atom. The number of primary amides is 1. The monoisotopic (exact) mass is 528 g/mol. The van der Waals surface area contributed by atoms with E-state index in [9.17, 15) is 58.8 Å². The molecule has 0 aromatic heterocycles. The molecule has 186 valence electrons. The highest BCUT2D eigenvalue weighted by molar-refractivity contribution is 6.34. The van der Waals surface area contributed by atoms with Crippen LogP contribution in [0.4, 0.5) is 49.6 Å². The number of ether oxygens (including phenoxy) is 1. The van der Waals surface area contributed by atoms with Gasteiger partial charge in [0.05, 0.1) is 21.1 Å². The van der Waals surface area contributed by atoms with Gasteiger partial charge in [0.1, 0.15) is 5.75 Å². The van der Waals surface area contributed by atoms with Crippen LogP contribution < -0.4 is 10.5 Å². The minimum absolute atomic E-state index is 0.292. The Balaban J connectivity index is 3.00. The molecule has 0 heterocycles. The molecule has 0 saturated carbocycles. The Labute approximate surface area is 186 Å². The first-order chi connectivity index (χ1) is 15.3. The van der Waals surface area contributed by atoms with E-state index >= 15 is 0 Å². The maximum atomic E-state index is 14.5. The molecule has 2 aromatic carbocycles. The van der Waals surface area contributed by atoms with Gasteiger partial charge in [0.15, 0.2) is 0 Å². The summed E-state index contributed by atoms with van der Waals surface area (Å²) in [6.45, 7) is -3.97. The Morgan fingerprint density at radius 3 is 2.00 bits per heavy atom. The second-order valence-corrected chi connectivity index (χ2v) is 6.72. The van der Waals surface area contributed by atoms with Gasteiger partial charge in [0, 0.05) is 11.1 Å². The molecule has 2 N–H and O–H groups in total. The number of hydrogen-bond acceptors (Lipinski definition) is 4. The molecule has 0 bridgehead atoms. The van der Waals surface area contributed by atoms with E-state index in [2.05, 4.69) is 4.74 Å². The summed E-state index contributed by atoms with van der Waals surface area (Å²) in [7, 11) is 0. The fraction of sp³-hybridized carbons (Fsp3) is 0.235. The van der Waals surface area contributed by atoms with Crippen LogP contribution in [-0.4, -0.2) is 29.8 Å². The van der Waals surface area contributed by atoms with Gasteiger partial charge in [-0.05, 0) is 24.3 Å². The molecule has 1 amide bonds. The molecule has 6 nitrogen and oxygen atoms in total. The van der Waals surface area contributed by atoms with Crippen molar-refractivity contribution in [3.8, 4) is 16.9 Å². The SMILES string of the molecule is NC(=O)c1ccc(-c2c(Cl)cc(C(F)(C(F)(F)F)C(F)(F)F)cc2OC(F)F)c([N+](=O)[O-])c1F. The first-order valence-corrected chi connectivity index (χ1v) is 8.60. The Bertz CT molecular complexity index is 1140. The van der Waals surface area contributed by atoms with Gasteiger partial charge in [0.25, 0.3) is 5.91 Å². The first-order valence-electron chi connectivity index (χ1n) is 8.22. The molecule has 0 atom stereocenters. The number of nitro groups is 1. The maximum absolute atomic E-state index is 14.5. The lowest BCUT2D eigenvalue weighted by molar-refractivity contribution is -0.386. The van der Waals surface area contributed by atoms with E-state index in [-0.39, 0.29) is 6.07 Å². The summed E-state index contributed by atoms with van der Waals surface area (Å²) in [5, 5.41) is 9.96. The molecule has 2 aromatic rings. The van der Waals surface area contributed by atoms with Gasteiger partial charge >= 0.3 is 30.3 Å². The van der Waals surface area contributed by atoms with Crippen molar-refractivity contribution in [3.05, 3.63) is 56.3 Å². The zero-order valence-electron chi connectivity index (χ0n) is 15.7. The Kier molecular flexibility index (Phi) is 6.98. The van der Waals surface area contributed by atoms with Crippen LogP contribution in [0.2, 0.25) is 5.02 Å². The minimum Gasteiger partial charge on any atom is -0.434 e. The lowest BCUT2D eigenvalue weighted by atomic mass is 9.90. The maximum Gasteiger partial charge on any atom is 0.435 e. The van der Waals surface area contributed by atoms with Crippen molar-refractivity contribution in [3.63, 3.8) is 0 Å². The Hall–Kier alpha value is -3.30. The number of nitro benzene ring substituents is 1. The minimum atomic E-state index is -6.67. The van der Waals surface area contributed by atoms with Gasteiger partial charge in [-0.3, -0.25) is 14.9 Å². The molecule has 0 radical (unpaired) electrons. The van der Waals surface area contributed by atoms with E-state index in [0.29, 0.717) is 12.1 Å². The van der Waals surface area contributed by atoms with Gasteiger partial charge in [-0.15, -0.1) is 0 Å². The third kappa shape index (κ3) is 4.53. The van der Waals surface area contributed by atoms with E-state index in [1.165, 1.54) is 0 Å². The van der Waals surface area contributed by atoms with Crippen LogP contribution in [0.25, 0.3) is 11.1 Å². The number of alkyl halides is 9. The summed E-state index contributed by atoms with van der Waals surface area (Å²) in [5.74, 6) is -5.14. The third-order valence-electron chi connectivity index (χ3n) is 4.28. The number of carbonyl (C=O) groups is 1. The summed E-state index contributed by atoms with van der Waals surface area (Å²) in [5.41, 5.74) is -8.68. The van der Waals surface area contributed by atoms with E-state index in [4.69, 9.17) is 17.3 Å². The van der Waals surface area contributed by atoms with Crippen LogP contribution in [0.15, 0.2) is 24.3 Å². The average molecular weight is 529 g/mol.